The average Bonchev–Trinajstić information content (AvgIpc) is 2.72. The maximum absolute atomic E-state index is 13.3. The van der Waals surface area contributed by atoms with Gasteiger partial charge in [0.15, 0.2) is 24.5 Å². The van der Waals surface area contributed by atoms with E-state index < -0.39 is 83.0 Å². The van der Waals surface area contributed by atoms with Gasteiger partial charge in [0, 0.05) is 40.1 Å². The number of carbonyl (C=O) groups excluding carboxylic acids is 5. The SMILES string of the molecule is CC(=O)OC[C@H]1O[C@@H](N(C(=O)OC(C)(C)C)S(=O)(=O)NCCCl)[C@H](OC(C)=O)[C@@H](OC(C)=O)[C@@H]1OC(C)=O. The molecule has 0 aromatic rings. The van der Waals surface area contributed by atoms with E-state index in [4.69, 9.17) is 40.0 Å². The van der Waals surface area contributed by atoms with E-state index in [0.717, 1.165) is 27.7 Å². The van der Waals surface area contributed by atoms with Crippen molar-refractivity contribution in [1.82, 2.24) is 9.03 Å². The van der Waals surface area contributed by atoms with Crippen molar-refractivity contribution in [2.24, 2.45) is 0 Å². The summed E-state index contributed by atoms with van der Waals surface area (Å²) in [5, 5.41) is 0. The van der Waals surface area contributed by atoms with Crippen LogP contribution in [0.25, 0.3) is 0 Å². The van der Waals surface area contributed by atoms with Gasteiger partial charge in [-0.15, -0.1) is 11.6 Å². The van der Waals surface area contributed by atoms with Crippen LogP contribution in [-0.4, -0.2) is 98.0 Å². The fourth-order valence-corrected chi connectivity index (χ4v) is 4.66. The van der Waals surface area contributed by atoms with E-state index >= 15 is 0 Å². The van der Waals surface area contributed by atoms with Gasteiger partial charge in [0.25, 0.3) is 0 Å². The number of nitrogens with zero attached hydrogens (tertiary/aromatic N) is 1. The minimum absolute atomic E-state index is 0.111. The maximum atomic E-state index is 13.3. The van der Waals surface area contributed by atoms with Crippen molar-refractivity contribution in [2.45, 2.75) is 84.7 Å². The van der Waals surface area contributed by atoms with Crippen molar-refractivity contribution in [1.29, 1.82) is 0 Å². The molecule has 0 radical (unpaired) electrons. The molecule has 0 saturated carbocycles. The Balaban J connectivity index is 3.83. The number of hydrogen-bond acceptors (Lipinski definition) is 13. The van der Waals surface area contributed by atoms with Gasteiger partial charge in [-0.05, 0) is 20.8 Å². The van der Waals surface area contributed by atoms with Gasteiger partial charge in [0.1, 0.15) is 18.3 Å². The number of amides is 1. The lowest BCUT2D eigenvalue weighted by atomic mass is 9.97. The van der Waals surface area contributed by atoms with E-state index in [1.807, 2.05) is 0 Å². The normalized spacial score (nSPS) is 23.5. The lowest BCUT2D eigenvalue weighted by Crippen LogP contribution is -2.68. The highest BCUT2D eigenvalue weighted by atomic mass is 35.5. The van der Waals surface area contributed by atoms with Gasteiger partial charge >= 0.3 is 40.2 Å². The van der Waals surface area contributed by atoms with E-state index in [9.17, 15) is 32.4 Å². The molecule has 0 unspecified atom stereocenters. The lowest BCUT2D eigenvalue weighted by molar-refractivity contribution is -0.266. The van der Waals surface area contributed by atoms with Crippen LogP contribution < -0.4 is 4.72 Å². The van der Waals surface area contributed by atoms with Gasteiger partial charge in [0.05, 0.1) is 0 Å². The van der Waals surface area contributed by atoms with Gasteiger partial charge in [-0.2, -0.15) is 17.4 Å². The molecule has 5 atom stereocenters. The molecule has 1 N–H and O–H groups in total. The Labute approximate surface area is 225 Å². The summed E-state index contributed by atoms with van der Waals surface area (Å²) in [6.45, 7) is 7.49. The molecule has 1 rings (SSSR count). The molecule has 15 nitrogen and oxygen atoms in total. The van der Waals surface area contributed by atoms with Crippen LogP contribution in [0.3, 0.4) is 0 Å². The molecule has 1 aliphatic rings. The summed E-state index contributed by atoms with van der Waals surface area (Å²) in [5.41, 5.74) is -1.20. The Bertz CT molecular complexity index is 998. The molecule has 1 amide bonds. The van der Waals surface area contributed by atoms with Gasteiger partial charge < -0.3 is 28.4 Å². The van der Waals surface area contributed by atoms with Crippen LogP contribution in [0.15, 0.2) is 0 Å². The molecule has 17 heteroatoms. The minimum Gasteiger partial charge on any atom is -0.463 e. The van der Waals surface area contributed by atoms with Gasteiger partial charge in [-0.25, -0.2) is 4.79 Å². The smallest absolute Gasteiger partial charge is 0.427 e. The third-order valence-electron chi connectivity index (χ3n) is 4.41. The van der Waals surface area contributed by atoms with Crippen LogP contribution in [0, 0.1) is 0 Å². The first-order valence-electron chi connectivity index (χ1n) is 11.3. The van der Waals surface area contributed by atoms with Crippen molar-refractivity contribution in [3.8, 4) is 0 Å². The molecule has 0 spiro atoms. The van der Waals surface area contributed by atoms with Crippen LogP contribution in [0.2, 0.25) is 0 Å². The summed E-state index contributed by atoms with van der Waals surface area (Å²) in [4.78, 5) is 60.6. The van der Waals surface area contributed by atoms with E-state index in [1.165, 1.54) is 20.8 Å². The largest absolute Gasteiger partial charge is 0.463 e. The second-order valence-corrected chi connectivity index (χ2v) is 11.0. The van der Waals surface area contributed by atoms with Gasteiger partial charge in [-0.3, -0.25) is 19.2 Å². The summed E-state index contributed by atoms with van der Waals surface area (Å²) < 4.78 is 60.5. The zero-order valence-corrected chi connectivity index (χ0v) is 23.6. The van der Waals surface area contributed by atoms with Crippen molar-refractivity contribution < 1.29 is 60.8 Å². The molecule has 218 valence electrons. The summed E-state index contributed by atoms with van der Waals surface area (Å²) in [5.74, 6) is -3.78. The topological polar surface area (TPSA) is 190 Å². The predicted octanol–water partition coefficient (Wildman–Crippen LogP) is 0.380. The Morgan fingerprint density at radius 1 is 0.868 bits per heavy atom. The minimum atomic E-state index is -4.82. The summed E-state index contributed by atoms with van der Waals surface area (Å²) >= 11 is 5.61. The van der Waals surface area contributed by atoms with Crippen molar-refractivity contribution in [2.75, 3.05) is 19.0 Å². The standard InChI is InChI=1S/C21H33ClN2O13S/c1-11(25)32-10-15-16(33-12(2)26)17(34-13(3)27)18(35-14(4)28)19(36-15)24(20(29)37-21(5,6)7)38(30,31)23-9-8-22/h15-19,23H,8-10H2,1-7H3/t15-,16-,17+,18-,19-/m1/s1. The van der Waals surface area contributed by atoms with Gasteiger partial charge in [0.2, 0.25) is 0 Å². The molecule has 0 aliphatic carbocycles. The second kappa shape index (κ2) is 13.9. The zero-order chi connectivity index (χ0) is 29.4. The van der Waals surface area contributed by atoms with Crippen molar-refractivity contribution >= 4 is 51.8 Å². The first-order valence-corrected chi connectivity index (χ1v) is 13.3. The molecule has 1 heterocycles. The van der Waals surface area contributed by atoms with Gasteiger partial charge in [-0.1, -0.05) is 0 Å². The number of nitrogens with one attached hydrogen (secondary N) is 1. The van der Waals surface area contributed by atoms with Crippen LogP contribution in [0.1, 0.15) is 48.5 Å². The quantitative estimate of drug-likeness (QED) is 0.209. The Kier molecular flexibility index (Phi) is 12.2. The predicted molar refractivity (Wildman–Crippen MR) is 128 cm³/mol. The summed E-state index contributed by atoms with van der Waals surface area (Å²) in [7, 11) is -4.82. The summed E-state index contributed by atoms with van der Waals surface area (Å²) in [6.07, 6.45) is -10.2. The second-order valence-electron chi connectivity index (χ2n) is 8.95. The number of alkyl halides is 1. The third-order valence-corrected chi connectivity index (χ3v) is 6.04. The van der Waals surface area contributed by atoms with Crippen molar-refractivity contribution in [3.05, 3.63) is 0 Å². The third kappa shape index (κ3) is 10.2. The number of esters is 4. The van der Waals surface area contributed by atoms with Crippen LogP contribution in [-0.2, 0) is 57.8 Å². The monoisotopic (exact) mass is 588 g/mol. The first kappa shape index (κ1) is 33.3. The van der Waals surface area contributed by atoms with E-state index in [1.54, 1.807) is 0 Å². The molecule has 38 heavy (non-hydrogen) atoms. The molecule has 0 bridgehead atoms. The van der Waals surface area contributed by atoms with Crippen LogP contribution in [0.4, 0.5) is 4.79 Å². The lowest BCUT2D eigenvalue weighted by Gasteiger charge is -2.46. The number of carbonyl (C=O) groups is 5. The van der Waals surface area contributed by atoms with Crippen LogP contribution >= 0.6 is 11.6 Å². The average molecular weight is 589 g/mol. The summed E-state index contributed by atoms with van der Waals surface area (Å²) in [6, 6.07) is 0. The first-order chi connectivity index (χ1) is 17.4. The molecular formula is C21H33ClN2O13S. The highest BCUT2D eigenvalue weighted by Crippen LogP contribution is 2.33. The highest BCUT2D eigenvalue weighted by Gasteiger charge is 2.57. The van der Waals surface area contributed by atoms with E-state index in [0.29, 0.717) is 0 Å². The Morgan fingerprint density at radius 3 is 1.82 bits per heavy atom. The Hall–Kier alpha value is -2.69. The van der Waals surface area contributed by atoms with Crippen LogP contribution in [0.5, 0.6) is 0 Å². The molecule has 0 aromatic heterocycles. The molecular weight excluding hydrogens is 556 g/mol. The molecule has 1 fully saturated rings. The fraction of sp³-hybridized carbons (Fsp3) is 0.762. The number of halogens is 1. The van der Waals surface area contributed by atoms with E-state index in [-0.39, 0.29) is 16.7 Å². The molecule has 0 aromatic carbocycles. The number of rotatable bonds is 10. The maximum Gasteiger partial charge on any atom is 0.427 e. The number of ether oxygens (including phenoxy) is 6. The van der Waals surface area contributed by atoms with E-state index in [2.05, 4.69) is 4.72 Å². The molecule has 1 saturated heterocycles. The van der Waals surface area contributed by atoms with Crippen molar-refractivity contribution in [3.63, 3.8) is 0 Å². The Morgan fingerprint density at radius 2 is 1.37 bits per heavy atom. The molecule has 1 aliphatic heterocycles. The number of hydrogen-bond donors (Lipinski definition) is 1. The zero-order valence-electron chi connectivity index (χ0n) is 22.0. The fourth-order valence-electron chi connectivity index (χ4n) is 3.28. The highest BCUT2D eigenvalue weighted by molar-refractivity contribution is 7.87.